The van der Waals surface area contributed by atoms with Crippen molar-refractivity contribution in [2.75, 3.05) is 25.6 Å². The van der Waals surface area contributed by atoms with Crippen molar-refractivity contribution in [3.8, 4) is 6.01 Å². The van der Waals surface area contributed by atoms with Crippen molar-refractivity contribution in [3.05, 3.63) is 11.2 Å². The summed E-state index contributed by atoms with van der Waals surface area (Å²) in [5.41, 5.74) is 0. The monoisotopic (exact) mass is 253 g/mol. The Balaban J connectivity index is 2.73. The number of rotatable bonds is 5. The van der Waals surface area contributed by atoms with Crippen molar-refractivity contribution in [1.29, 1.82) is 0 Å². The molecule has 0 saturated carbocycles. The van der Waals surface area contributed by atoms with Gasteiger partial charge in [0, 0.05) is 0 Å². The summed E-state index contributed by atoms with van der Waals surface area (Å²) in [6, 6.07) is 0.0132. The number of ether oxygens (including phenoxy) is 1. The van der Waals surface area contributed by atoms with Gasteiger partial charge in [0.1, 0.15) is 11.6 Å². The highest BCUT2D eigenvalue weighted by atomic mass is 35.5. The number of anilines is 1. The third-order valence-corrected chi connectivity index (χ3v) is 1.93. The second-order valence-electron chi connectivity index (χ2n) is 2.92. The predicted octanol–water partition coefficient (Wildman–Crippen LogP) is 1.18. The molecular formula is C8H10ClF2N3O2. The lowest BCUT2D eigenvalue weighted by Crippen LogP contribution is -2.31. The number of alkyl halides is 2. The highest BCUT2D eigenvalue weighted by molar-refractivity contribution is 6.32. The summed E-state index contributed by atoms with van der Waals surface area (Å²) >= 11 is 5.67. The summed E-state index contributed by atoms with van der Waals surface area (Å²) in [6.07, 6.45) is 1.23. The first-order chi connectivity index (χ1) is 7.48. The second-order valence-corrected chi connectivity index (χ2v) is 3.33. The Morgan fingerprint density at radius 3 is 2.88 bits per heavy atom. The van der Waals surface area contributed by atoms with E-state index in [0.717, 1.165) is 0 Å². The van der Waals surface area contributed by atoms with Gasteiger partial charge in [-0.25, -0.2) is 13.8 Å². The fraction of sp³-hybridized carbons (Fsp3) is 0.500. The van der Waals surface area contributed by atoms with Crippen LogP contribution in [-0.4, -0.2) is 41.3 Å². The molecule has 1 aromatic heterocycles. The molecule has 5 nitrogen and oxygen atoms in total. The van der Waals surface area contributed by atoms with E-state index in [9.17, 15) is 8.78 Å². The summed E-state index contributed by atoms with van der Waals surface area (Å²) in [6.45, 7) is -2.02. The average Bonchev–Trinajstić information content (AvgIpc) is 2.28. The molecule has 0 aliphatic heterocycles. The van der Waals surface area contributed by atoms with Crippen molar-refractivity contribution >= 4 is 17.4 Å². The molecule has 0 saturated heterocycles. The van der Waals surface area contributed by atoms with Crippen molar-refractivity contribution < 1.29 is 18.6 Å². The highest BCUT2D eigenvalue weighted by Crippen LogP contribution is 2.21. The SMILES string of the molecule is COc1ncc(Cl)c(NCC(F)(F)CO)n1. The number of aliphatic hydroxyl groups excluding tert-OH is 1. The van der Waals surface area contributed by atoms with Crippen LogP contribution in [0, 0.1) is 0 Å². The van der Waals surface area contributed by atoms with Gasteiger partial charge in [-0.2, -0.15) is 4.98 Å². The Kier molecular flexibility index (Phi) is 4.19. The van der Waals surface area contributed by atoms with Crippen molar-refractivity contribution in [1.82, 2.24) is 9.97 Å². The molecule has 1 heterocycles. The Labute approximate surface area is 95.4 Å². The Morgan fingerprint density at radius 2 is 2.31 bits per heavy atom. The lowest BCUT2D eigenvalue weighted by molar-refractivity contribution is -0.0373. The molecule has 0 aromatic carbocycles. The van der Waals surface area contributed by atoms with Gasteiger partial charge in [-0.05, 0) is 0 Å². The normalized spacial score (nSPS) is 11.3. The Morgan fingerprint density at radius 1 is 1.62 bits per heavy atom. The maximum absolute atomic E-state index is 12.7. The molecule has 0 atom stereocenters. The lowest BCUT2D eigenvalue weighted by atomic mass is 10.3. The first-order valence-electron chi connectivity index (χ1n) is 4.27. The maximum Gasteiger partial charge on any atom is 0.318 e. The fourth-order valence-electron chi connectivity index (χ4n) is 0.842. The molecule has 0 bridgehead atoms. The molecule has 0 spiro atoms. The summed E-state index contributed by atoms with van der Waals surface area (Å²) < 4.78 is 30.2. The number of nitrogens with zero attached hydrogens (tertiary/aromatic N) is 2. The molecular weight excluding hydrogens is 244 g/mol. The van der Waals surface area contributed by atoms with Crippen LogP contribution in [0.4, 0.5) is 14.6 Å². The van der Waals surface area contributed by atoms with Crippen molar-refractivity contribution in [2.24, 2.45) is 0 Å². The summed E-state index contributed by atoms with van der Waals surface area (Å²) in [4.78, 5) is 7.42. The van der Waals surface area contributed by atoms with Gasteiger partial charge in [-0.15, -0.1) is 0 Å². The van der Waals surface area contributed by atoms with Crippen molar-refractivity contribution in [2.45, 2.75) is 5.92 Å². The molecule has 0 fully saturated rings. The van der Waals surface area contributed by atoms with Gasteiger partial charge in [0.25, 0.3) is 5.92 Å². The Hall–Kier alpha value is -1.21. The van der Waals surface area contributed by atoms with Crippen LogP contribution in [0.25, 0.3) is 0 Å². The summed E-state index contributed by atoms with van der Waals surface area (Å²) in [7, 11) is 1.34. The minimum Gasteiger partial charge on any atom is -0.467 e. The number of hydrogen-bond donors (Lipinski definition) is 2. The van der Waals surface area contributed by atoms with Gasteiger partial charge in [0.15, 0.2) is 5.82 Å². The predicted molar refractivity (Wildman–Crippen MR) is 54.1 cm³/mol. The molecule has 1 rings (SSSR count). The number of aromatic nitrogens is 2. The van der Waals surface area contributed by atoms with Gasteiger partial charge in [-0.1, -0.05) is 11.6 Å². The van der Waals surface area contributed by atoms with E-state index in [1.54, 1.807) is 0 Å². The van der Waals surface area contributed by atoms with Crippen LogP contribution in [0.5, 0.6) is 6.01 Å². The molecule has 90 valence electrons. The van der Waals surface area contributed by atoms with Crippen LogP contribution in [0.1, 0.15) is 0 Å². The number of nitrogens with one attached hydrogen (secondary N) is 1. The molecule has 0 radical (unpaired) electrons. The molecule has 1 aromatic rings. The molecule has 16 heavy (non-hydrogen) atoms. The number of halogens is 3. The highest BCUT2D eigenvalue weighted by Gasteiger charge is 2.27. The molecule has 0 unspecified atom stereocenters. The standard InChI is InChI=1S/C8H10ClF2N3O2/c1-16-7-12-2-5(9)6(14-7)13-3-8(10,11)4-15/h2,15H,3-4H2,1H3,(H,12,13,14). The zero-order chi connectivity index (χ0) is 12.2. The minimum absolute atomic E-state index is 0.0132. The quantitative estimate of drug-likeness (QED) is 0.825. The summed E-state index contributed by atoms with van der Waals surface area (Å²) in [5.74, 6) is -3.21. The fourth-order valence-corrected chi connectivity index (χ4v) is 1.00. The zero-order valence-electron chi connectivity index (χ0n) is 8.38. The van der Waals surface area contributed by atoms with Gasteiger partial charge in [0.05, 0.1) is 19.9 Å². The molecule has 0 aliphatic carbocycles. The van der Waals surface area contributed by atoms with E-state index in [1.165, 1.54) is 13.3 Å². The van der Waals surface area contributed by atoms with E-state index in [2.05, 4.69) is 15.3 Å². The van der Waals surface area contributed by atoms with Gasteiger partial charge in [-0.3, -0.25) is 0 Å². The van der Waals surface area contributed by atoms with E-state index in [1.807, 2.05) is 0 Å². The lowest BCUT2D eigenvalue weighted by Gasteiger charge is -2.15. The molecule has 0 aliphatic rings. The first-order valence-corrected chi connectivity index (χ1v) is 4.65. The van der Waals surface area contributed by atoms with E-state index in [4.69, 9.17) is 21.4 Å². The smallest absolute Gasteiger partial charge is 0.318 e. The first kappa shape index (κ1) is 12.9. The zero-order valence-corrected chi connectivity index (χ0v) is 9.13. The number of hydrogen-bond acceptors (Lipinski definition) is 5. The van der Waals surface area contributed by atoms with Crippen LogP contribution in [0.2, 0.25) is 5.02 Å². The van der Waals surface area contributed by atoms with Crippen LogP contribution < -0.4 is 10.1 Å². The van der Waals surface area contributed by atoms with Gasteiger partial charge < -0.3 is 15.2 Å². The number of methoxy groups -OCH3 is 1. The molecule has 0 amide bonds. The summed E-state index contributed by atoms with van der Waals surface area (Å²) in [5, 5.41) is 10.8. The average molecular weight is 254 g/mol. The van der Waals surface area contributed by atoms with E-state index >= 15 is 0 Å². The maximum atomic E-state index is 12.7. The van der Waals surface area contributed by atoms with Crippen molar-refractivity contribution in [3.63, 3.8) is 0 Å². The largest absolute Gasteiger partial charge is 0.467 e. The van der Waals surface area contributed by atoms with E-state index in [0.29, 0.717) is 0 Å². The topological polar surface area (TPSA) is 67.3 Å². The Bertz CT molecular complexity index is 365. The van der Waals surface area contributed by atoms with Crippen LogP contribution in [0.15, 0.2) is 6.20 Å². The second kappa shape index (κ2) is 5.22. The van der Waals surface area contributed by atoms with Crippen LogP contribution in [-0.2, 0) is 0 Å². The third kappa shape index (κ3) is 3.42. The van der Waals surface area contributed by atoms with E-state index < -0.39 is 19.1 Å². The molecule has 2 N–H and O–H groups in total. The molecule has 8 heteroatoms. The minimum atomic E-state index is -3.23. The third-order valence-electron chi connectivity index (χ3n) is 1.65. The van der Waals surface area contributed by atoms with Gasteiger partial charge in [0.2, 0.25) is 0 Å². The number of aliphatic hydroxyl groups is 1. The van der Waals surface area contributed by atoms with E-state index in [-0.39, 0.29) is 16.9 Å². The van der Waals surface area contributed by atoms with Gasteiger partial charge >= 0.3 is 6.01 Å². The van der Waals surface area contributed by atoms with Crippen LogP contribution >= 0.6 is 11.6 Å². The van der Waals surface area contributed by atoms with Crippen LogP contribution in [0.3, 0.4) is 0 Å².